The molecular weight excluding hydrogens is 274 g/mol. The molecule has 0 amide bonds. The van der Waals surface area contributed by atoms with E-state index in [1.165, 1.54) is 17.3 Å². The monoisotopic (exact) mass is 295 g/mol. The molecule has 1 fully saturated rings. The summed E-state index contributed by atoms with van der Waals surface area (Å²) in [7, 11) is 3.52. The van der Waals surface area contributed by atoms with Gasteiger partial charge in [0.05, 0.1) is 5.75 Å². The zero-order valence-corrected chi connectivity index (χ0v) is 13.1. The first kappa shape index (κ1) is 15.3. The maximum absolute atomic E-state index is 12.4. The smallest absolute Gasteiger partial charge is 0.191 e. The fourth-order valence-electron chi connectivity index (χ4n) is 2.56. The Bertz CT molecular complexity index is 516. The van der Waals surface area contributed by atoms with Crippen LogP contribution in [0.1, 0.15) is 32.0 Å². The fourth-order valence-corrected chi connectivity index (χ4v) is 3.52. The minimum absolute atomic E-state index is 0.169. The molecule has 0 aromatic carbocycles. The summed E-state index contributed by atoms with van der Waals surface area (Å²) in [5.41, 5.74) is 1.02. The number of Topliss-reactive ketones (excluding diaryl/α,β-unsaturated/α-hetero) is 1. The molecule has 0 unspecified atom stereocenters. The van der Waals surface area contributed by atoms with Crippen molar-refractivity contribution in [1.82, 2.24) is 14.8 Å². The number of ketones is 1. The molecule has 0 spiro atoms. The minimum Gasteiger partial charge on any atom is -0.377 e. The highest BCUT2D eigenvalue weighted by Crippen LogP contribution is 2.48. The maximum Gasteiger partial charge on any atom is 0.191 e. The van der Waals surface area contributed by atoms with Gasteiger partial charge in [0.15, 0.2) is 11.0 Å². The van der Waals surface area contributed by atoms with E-state index in [9.17, 15) is 4.79 Å². The molecule has 2 rings (SSSR count). The topological polar surface area (TPSA) is 57.0 Å². The Morgan fingerprint density at radius 3 is 2.75 bits per heavy atom. The van der Waals surface area contributed by atoms with Crippen LogP contribution in [0.15, 0.2) is 17.3 Å². The number of hydrogen-bond acceptors (Lipinski definition) is 5. The summed E-state index contributed by atoms with van der Waals surface area (Å²) >= 11 is 1.45. The van der Waals surface area contributed by atoms with Crippen molar-refractivity contribution >= 4 is 17.5 Å². The van der Waals surface area contributed by atoms with Crippen LogP contribution in [0.3, 0.4) is 0 Å². The van der Waals surface area contributed by atoms with Crippen molar-refractivity contribution in [3.8, 4) is 0 Å². The second-order valence-corrected chi connectivity index (χ2v) is 6.28. The summed E-state index contributed by atoms with van der Waals surface area (Å²) in [5, 5.41) is 8.91. The molecular formula is C14H21N3O2S. The normalized spacial score (nSPS) is 17.1. The fraction of sp³-hybridized carbons (Fsp3) is 0.643. The lowest BCUT2D eigenvalue weighted by Gasteiger charge is -2.41. The molecule has 0 bridgehead atoms. The van der Waals surface area contributed by atoms with Gasteiger partial charge in [-0.05, 0) is 19.3 Å². The van der Waals surface area contributed by atoms with E-state index < -0.39 is 0 Å². The molecule has 1 aromatic heterocycles. The summed E-state index contributed by atoms with van der Waals surface area (Å²) in [6.45, 7) is 6.45. The van der Waals surface area contributed by atoms with Gasteiger partial charge in [0.1, 0.15) is 12.4 Å². The molecule has 1 heterocycles. The lowest BCUT2D eigenvalue weighted by molar-refractivity contribution is -0.128. The van der Waals surface area contributed by atoms with Crippen molar-refractivity contribution in [1.29, 1.82) is 0 Å². The number of thioether (sulfide) groups is 1. The highest BCUT2D eigenvalue weighted by atomic mass is 32.2. The third-order valence-electron chi connectivity index (χ3n) is 3.98. The van der Waals surface area contributed by atoms with E-state index >= 15 is 0 Å². The Balaban J connectivity index is 1.95. The molecule has 0 N–H and O–H groups in total. The maximum atomic E-state index is 12.4. The minimum atomic E-state index is -0.169. The number of ether oxygens (including phenoxy) is 1. The Kier molecular flexibility index (Phi) is 4.65. The van der Waals surface area contributed by atoms with E-state index in [-0.39, 0.29) is 5.41 Å². The molecule has 0 radical (unpaired) electrons. The van der Waals surface area contributed by atoms with E-state index in [0.29, 0.717) is 18.1 Å². The van der Waals surface area contributed by atoms with Crippen molar-refractivity contribution in [3.05, 3.63) is 18.0 Å². The molecule has 1 aromatic rings. The van der Waals surface area contributed by atoms with Gasteiger partial charge in [0.2, 0.25) is 0 Å². The lowest BCUT2D eigenvalue weighted by Crippen LogP contribution is -2.40. The van der Waals surface area contributed by atoms with Crippen molar-refractivity contribution in [3.63, 3.8) is 0 Å². The molecule has 1 aliphatic rings. The summed E-state index contributed by atoms with van der Waals surface area (Å²) in [5.74, 6) is 1.51. The van der Waals surface area contributed by atoms with Crippen molar-refractivity contribution < 1.29 is 9.53 Å². The van der Waals surface area contributed by atoms with Crippen LogP contribution in [0, 0.1) is 5.41 Å². The van der Waals surface area contributed by atoms with E-state index in [0.717, 1.165) is 30.2 Å². The van der Waals surface area contributed by atoms with E-state index in [4.69, 9.17) is 4.74 Å². The van der Waals surface area contributed by atoms with Gasteiger partial charge in [-0.15, -0.1) is 10.2 Å². The van der Waals surface area contributed by atoms with E-state index in [2.05, 4.69) is 23.7 Å². The average molecular weight is 295 g/mol. The third kappa shape index (κ3) is 2.81. The number of aromatic nitrogens is 3. The Labute approximate surface area is 123 Å². The third-order valence-corrected chi connectivity index (χ3v) is 5.00. The predicted molar refractivity (Wildman–Crippen MR) is 78.5 cm³/mol. The van der Waals surface area contributed by atoms with Crippen LogP contribution in [0.25, 0.3) is 0 Å². The lowest BCUT2D eigenvalue weighted by atomic mass is 9.62. The summed E-state index contributed by atoms with van der Waals surface area (Å²) in [6, 6.07) is 0. The van der Waals surface area contributed by atoms with E-state index in [1.807, 2.05) is 11.6 Å². The molecule has 0 atom stereocenters. The van der Waals surface area contributed by atoms with Crippen molar-refractivity contribution in [2.45, 2.75) is 37.9 Å². The molecule has 6 heteroatoms. The first-order chi connectivity index (χ1) is 9.52. The van der Waals surface area contributed by atoms with Crippen LogP contribution in [0.2, 0.25) is 0 Å². The summed E-state index contributed by atoms with van der Waals surface area (Å²) in [6.07, 6.45) is 2.58. The van der Waals surface area contributed by atoms with Gasteiger partial charge in [-0.2, -0.15) is 0 Å². The second-order valence-electron chi connectivity index (χ2n) is 5.34. The molecule has 0 saturated heterocycles. The number of carbonyl (C=O) groups is 1. The Morgan fingerprint density at radius 2 is 2.20 bits per heavy atom. The number of methoxy groups -OCH3 is 1. The van der Waals surface area contributed by atoms with Crippen molar-refractivity contribution in [2.75, 3.05) is 12.9 Å². The predicted octanol–water partition coefficient (Wildman–Crippen LogP) is 2.37. The number of nitrogens with zero attached hydrogens (tertiary/aromatic N) is 3. The van der Waals surface area contributed by atoms with Crippen molar-refractivity contribution in [2.24, 2.45) is 12.5 Å². The zero-order chi connectivity index (χ0) is 14.8. The van der Waals surface area contributed by atoms with Gasteiger partial charge < -0.3 is 9.30 Å². The molecule has 0 aliphatic heterocycles. The molecule has 1 aliphatic carbocycles. The SMILES string of the molecule is C=C1CC(CC)(C(=O)CSc2nnc(COC)n2C)C1. The first-order valence-corrected chi connectivity index (χ1v) is 7.71. The molecule has 20 heavy (non-hydrogen) atoms. The number of allylic oxidation sites excluding steroid dienone is 1. The average Bonchev–Trinajstić information content (AvgIpc) is 2.74. The quantitative estimate of drug-likeness (QED) is 0.571. The van der Waals surface area contributed by atoms with Gasteiger partial charge in [0, 0.05) is 19.6 Å². The summed E-state index contributed by atoms with van der Waals surface area (Å²) < 4.78 is 6.92. The van der Waals surface area contributed by atoms with Gasteiger partial charge in [0.25, 0.3) is 0 Å². The highest BCUT2D eigenvalue weighted by molar-refractivity contribution is 7.99. The van der Waals surface area contributed by atoms with E-state index in [1.54, 1.807) is 7.11 Å². The van der Waals surface area contributed by atoms with Crippen LogP contribution >= 0.6 is 11.8 Å². The van der Waals surface area contributed by atoms with Crippen LogP contribution < -0.4 is 0 Å². The number of rotatable bonds is 7. The number of carbonyl (C=O) groups excluding carboxylic acids is 1. The van der Waals surface area contributed by atoms with Gasteiger partial charge in [-0.1, -0.05) is 30.8 Å². The largest absolute Gasteiger partial charge is 0.377 e. The molecule has 110 valence electrons. The standard InChI is InChI=1S/C14H21N3O2S/c1-5-14(6-10(2)7-14)11(18)9-20-13-16-15-12(8-19-4)17(13)3/h2,5-9H2,1,3-4H3. The second kappa shape index (κ2) is 6.10. The summed E-state index contributed by atoms with van der Waals surface area (Å²) in [4.78, 5) is 12.4. The van der Waals surface area contributed by atoms with Gasteiger partial charge in [-0.25, -0.2) is 0 Å². The van der Waals surface area contributed by atoms with Crippen LogP contribution in [-0.2, 0) is 23.2 Å². The van der Waals surface area contributed by atoms with Gasteiger partial charge >= 0.3 is 0 Å². The first-order valence-electron chi connectivity index (χ1n) is 6.72. The highest BCUT2D eigenvalue weighted by Gasteiger charge is 2.44. The molecule has 1 saturated carbocycles. The molecule has 5 nitrogen and oxygen atoms in total. The van der Waals surface area contributed by atoms with Crippen LogP contribution in [-0.4, -0.2) is 33.4 Å². The number of hydrogen-bond donors (Lipinski definition) is 0. The Morgan fingerprint density at radius 1 is 1.50 bits per heavy atom. The van der Waals surface area contributed by atoms with Crippen LogP contribution in [0.5, 0.6) is 0 Å². The zero-order valence-electron chi connectivity index (χ0n) is 12.3. The van der Waals surface area contributed by atoms with Crippen LogP contribution in [0.4, 0.5) is 0 Å². The van der Waals surface area contributed by atoms with Gasteiger partial charge in [-0.3, -0.25) is 4.79 Å². The Hall–Kier alpha value is -1.14.